The van der Waals surface area contributed by atoms with Crippen molar-refractivity contribution in [1.82, 2.24) is 4.90 Å². The Labute approximate surface area is 119 Å². The molecule has 1 saturated heterocycles. The fourth-order valence-electron chi connectivity index (χ4n) is 2.45. The maximum atomic E-state index is 9.27. The van der Waals surface area contributed by atoms with Gasteiger partial charge in [0.1, 0.15) is 24.0 Å². The average molecular weight is 276 g/mol. The largest absolute Gasteiger partial charge is 0.491 e. The number of ether oxygens (including phenoxy) is 1. The molecule has 1 fully saturated rings. The molecule has 0 spiro atoms. The van der Waals surface area contributed by atoms with Crippen LogP contribution in [0.2, 0.25) is 0 Å². The predicted octanol–water partition coefficient (Wildman–Crippen LogP) is 3.14. The van der Waals surface area contributed by atoms with Crippen LogP contribution in [0, 0.1) is 11.3 Å². The van der Waals surface area contributed by atoms with E-state index in [1.807, 2.05) is 24.5 Å². The van der Waals surface area contributed by atoms with Crippen LogP contribution in [0.5, 0.6) is 5.75 Å². The Bertz CT molecular complexity index is 470. The Hall–Kier alpha value is -1.18. The molecule has 0 amide bonds. The molecule has 4 heteroatoms. The molecule has 1 heterocycles. The highest BCUT2D eigenvalue weighted by atomic mass is 32.2. The lowest BCUT2D eigenvalue weighted by Gasteiger charge is -2.32. The second-order valence-electron chi connectivity index (χ2n) is 4.89. The molecule has 0 saturated carbocycles. The molecule has 0 bridgehead atoms. The molecule has 19 heavy (non-hydrogen) atoms. The third kappa shape index (κ3) is 3.43. The first-order valence-corrected chi connectivity index (χ1v) is 7.89. The molecule has 1 atom stereocenters. The predicted molar refractivity (Wildman–Crippen MR) is 78.7 cm³/mol. The quantitative estimate of drug-likeness (QED) is 0.792. The molecule has 102 valence electrons. The van der Waals surface area contributed by atoms with E-state index in [-0.39, 0.29) is 0 Å². The minimum atomic E-state index is 0.471. The number of nitriles is 1. The van der Waals surface area contributed by atoms with Gasteiger partial charge in [-0.05, 0) is 44.8 Å². The van der Waals surface area contributed by atoms with Crippen LogP contribution in [-0.4, -0.2) is 37.4 Å². The lowest BCUT2D eigenvalue weighted by molar-refractivity contribution is 0.125. The van der Waals surface area contributed by atoms with Crippen LogP contribution < -0.4 is 4.74 Å². The number of thioether (sulfide) groups is 1. The van der Waals surface area contributed by atoms with Gasteiger partial charge in [0.15, 0.2) is 0 Å². The van der Waals surface area contributed by atoms with Gasteiger partial charge < -0.3 is 9.64 Å². The monoisotopic (exact) mass is 276 g/mol. The van der Waals surface area contributed by atoms with Gasteiger partial charge in [0.25, 0.3) is 0 Å². The number of hydrogen-bond donors (Lipinski definition) is 0. The van der Waals surface area contributed by atoms with Crippen molar-refractivity contribution < 1.29 is 4.74 Å². The fraction of sp³-hybridized carbons (Fsp3) is 0.533. The summed E-state index contributed by atoms with van der Waals surface area (Å²) in [7, 11) is 2.15. The normalized spacial score (nSPS) is 19.9. The van der Waals surface area contributed by atoms with Crippen molar-refractivity contribution in [2.45, 2.75) is 30.2 Å². The van der Waals surface area contributed by atoms with Crippen molar-refractivity contribution >= 4 is 11.8 Å². The second-order valence-corrected chi connectivity index (χ2v) is 5.73. The number of piperidine rings is 1. The van der Waals surface area contributed by atoms with Crippen molar-refractivity contribution in [3.63, 3.8) is 0 Å². The maximum Gasteiger partial charge on any atom is 0.138 e. The van der Waals surface area contributed by atoms with E-state index in [4.69, 9.17) is 4.74 Å². The van der Waals surface area contributed by atoms with E-state index >= 15 is 0 Å². The summed E-state index contributed by atoms with van der Waals surface area (Å²) < 4.78 is 5.90. The minimum Gasteiger partial charge on any atom is -0.491 e. The third-order valence-electron chi connectivity index (χ3n) is 3.67. The van der Waals surface area contributed by atoms with Crippen LogP contribution in [0.15, 0.2) is 23.1 Å². The number of nitrogens with zero attached hydrogens (tertiary/aromatic N) is 2. The zero-order valence-corrected chi connectivity index (χ0v) is 12.4. The molecule has 1 unspecified atom stereocenters. The summed E-state index contributed by atoms with van der Waals surface area (Å²) in [5, 5.41) is 9.27. The summed E-state index contributed by atoms with van der Waals surface area (Å²) in [5.41, 5.74) is 0.661. The molecule has 1 aliphatic rings. The van der Waals surface area contributed by atoms with Crippen molar-refractivity contribution in [3.05, 3.63) is 23.8 Å². The Morgan fingerprint density at radius 1 is 1.47 bits per heavy atom. The summed E-state index contributed by atoms with van der Waals surface area (Å²) in [5.74, 6) is 0.716. The number of likely N-dealkylation sites (N-methyl/N-ethyl adjacent to an activating group) is 1. The lowest BCUT2D eigenvalue weighted by Crippen LogP contribution is -2.40. The van der Waals surface area contributed by atoms with Crippen LogP contribution >= 0.6 is 11.8 Å². The van der Waals surface area contributed by atoms with E-state index in [2.05, 4.69) is 18.0 Å². The first-order valence-electron chi connectivity index (χ1n) is 6.66. The zero-order valence-electron chi connectivity index (χ0n) is 11.6. The Morgan fingerprint density at radius 3 is 3.00 bits per heavy atom. The maximum absolute atomic E-state index is 9.27. The molecule has 2 rings (SSSR count). The molecule has 0 aromatic heterocycles. The standard InChI is InChI=1S/C15H20N2OS/c1-17-9-4-3-6-12(17)11-18-14-7-5-8-15(19-2)13(14)10-16/h5,7-8,12H,3-4,6,9,11H2,1-2H3. The smallest absolute Gasteiger partial charge is 0.138 e. The van der Waals surface area contributed by atoms with Gasteiger partial charge in [0.05, 0.1) is 0 Å². The van der Waals surface area contributed by atoms with Gasteiger partial charge in [0, 0.05) is 10.9 Å². The molecule has 3 nitrogen and oxygen atoms in total. The topological polar surface area (TPSA) is 36.3 Å². The van der Waals surface area contributed by atoms with E-state index in [0.717, 1.165) is 11.4 Å². The molecule has 0 N–H and O–H groups in total. The Morgan fingerprint density at radius 2 is 2.32 bits per heavy atom. The molecule has 0 radical (unpaired) electrons. The van der Waals surface area contributed by atoms with Crippen LogP contribution in [-0.2, 0) is 0 Å². The van der Waals surface area contributed by atoms with Crippen molar-refractivity contribution in [1.29, 1.82) is 5.26 Å². The molecule has 1 aromatic carbocycles. The van der Waals surface area contributed by atoms with E-state index in [1.165, 1.54) is 19.3 Å². The van der Waals surface area contributed by atoms with Crippen molar-refractivity contribution in [3.8, 4) is 11.8 Å². The van der Waals surface area contributed by atoms with Crippen LogP contribution in [0.4, 0.5) is 0 Å². The van der Waals surface area contributed by atoms with Gasteiger partial charge >= 0.3 is 0 Å². The van der Waals surface area contributed by atoms with E-state index < -0.39 is 0 Å². The summed E-state index contributed by atoms with van der Waals surface area (Å²) in [6.45, 7) is 1.81. The van der Waals surface area contributed by atoms with Gasteiger partial charge in [-0.25, -0.2) is 0 Å². The van der Waals surface area contributed by atoms with Gasteiger partial charge in [-0.2, -0.15) is 5.26 Å². The van der Waals surface area contributed by atoms with Gasteiger partial charge in [-0.15, -0.1) is 11.8 Å². The number of rotatable bonds is 4. The summed E-state index contributed by atoms with van der Waals surface area (Å²) >= 11 is 1.58. The molecule has 0 aliphatic carbocycles. The van der Waals surface area contributed by atoms with Gasteiger partial charge in [-0.1, -0.05) is 12.5 Å². The highest BCUT2D eigenvalue weighted by molar-refractivity contribution is 7.98. The van der Waals surface area contributed by atoms with Gasteiger partial charge in [-0.3, -0.25) is 0 Å². The zero-order chi connectivity index (χ0) is 13.7. The van der Waals surface area contributed by atoms with E-state index in [9.17, 15) is 5.26 Å². The fourth-order valence-corrected chi connectivity index (χ4v) is 3.02. The van der Waals surface area contributed by atoms with Crippen LogP contribution in [0.3, 0.4) is 0 Å². The molecule has 1 aromatic rings. The molecular weight excluding hydrogens is 256 g/mol. The van der Waals surface area contributed by atoms with Crippen LogP contribution in [0.1, 0.15) is 24.8 Å². The SMILES string of the molecule is CSc1cccc(OCC2CCCCN2C)c1C#N. The Kier molecular flexibility index (Phi) is 5.12. The summed E-state index contributed by atoms with van der Waals surface area (Å²) in [4.78, 5) is 3.34. The number of benzene rings is 1. The van der Waals surface area contributed by atoms with Crippen molar-refractivity contribution in [2.24, 2.45) is 0 Å². The van der Waals surface area contributed by atoms with Gasteiger partial charge in [0.2, 0.25) is 0 Å². The molecular formula is C15H20N2OS. The van der Waals surface area contributed by atoms with Crippen molar-refractivity contribution in [2.75, 3.05) is 26.5 Å². The second kappa shape index (κ2) is 6.83. The van der Waals surface area contributed by atoms with E-state index in [0.29, 0.717) is 24.0 Å². The Balaban J connectivity index is 2.05. The third-order valence-corrected chi connectivity index (χ3v) is 4.45. The number of hydrogen-bond acceptors (Lipinski definition) is 4. The van der Waals surface area contributed by atoms with E-state index in [1.54, 1.807) is 11.8 Å². The first kappa shape index (κ1) is 14.2. The lowest BCUT2D eigenvalue weighted by atomic mass is 10.0. The minimum absolute atomic E-state index is 0.471. The highest BCUT2D eigenvalue weighted by Gasteiger charge is 2.20. The summed E-state index contributed by atoms with van der Waals surface area (Å²) in [6, 6.07) is 8.53. The number of likely N-dealkylation sites (tertiary alicyclic amines) is 1. The van der Waals surface area contributed by atoms with Crippen LogP contribution in [0.25, 0.3) is 0 Å². The average Bonchev–Trinajstić information content (AvgIpc) is 2.45. The first-order chi connectivity index (χ1) is 9.26. The molecule has 1 aliphatic heterocycles. The highest BCUT2D eigenvalue weighted by Crippen LogP contribution is 2.28. The summed E-state index contributed by atoms with van der Waals surface area (Å²) in [6.07, 6.45) is 5.71.